The Morgan fingerprint density at radius 2 is 1.89 bits per heavy atom. The highest BCUT2D eigenvalue weighted by molar-refractivity contribution is 5.96. The predicted octanol–water partition coefficient (Wildman–Crippen LogP) is 3.22. The number of anilines is 1. The molecule has 0 saturated carbocycles. The summed E-state index contributed by atoms with van der Waals surface area (Å²) in [5.74, 6) is 0.0826. The van der Waals surface area contributed by atoms with Gasteiger partial charge in [0.15, 0.2) is 0 Å². The molecule has 0 bridgehead atoms. The molecule has 0 fully saturated rings. The molecule has 0 radical (unpaired) electrons. The molecule has 1 rings (SSSR count). The van der Waals surface area contributed by atoms with Crippen molar-refractivity contribution in [2.24, 2.45) is 0 Å². The van der Waals surface area contributed by atoms with Gasteiger partial charge in [0.25, 0.3) is 0 Å². The zero-order valence-corrected chi connectivity index (χ0v) is 12.1. The molecule has 0 aliphatic heterocycles. The molecule has 0 aliphatic carbocycles. The number of nitrogens with one attached hydrogen (secondary N) is 1. The van der Waals surface area contributed by atoms with Crippen LogP contribution in [0.3, 0.4) is 0 Å². The van der Waals surface area contributed by atoms with Crippen LogP contribution in [0, 0.1) is 13.8 Å². The standard InChI is InChI=1S/C15H24N2O.H2/c1-6-8-13(17(4)5)15(18)16-14-11(2)9-7-10-12(14)3;/h7,9-10,13H,6,8H2,1-5H3,(H,16,18);1H. The number of carbonyl (C=O) groups is 1. The highest BCUT2D eigenvalue weighted by Gasteiger charge is 2.20. The number of para-hydroxylation sites is 1. The minimum Gasteiger partial charge on any atom is -0.324 e. The van der Waals surface area contributed by atoms with Gasteiger partial charge in [0.1, 0.15) is 0 Å². The first kappa shape index (κ1) is 14.7. The smallest absolute Gasteiger partial charge is 0.241 e. The molecule has 0 saturated heterocycles. The van der Waals surface area contributed by atoms with Crippen LogP contribution in [0.25, 0.3) is 0 Å². The lowest BCUT2D eigenvalue weighted by Gasteiger charge is -2.23. The number of hydrogen-bond donors (Lipinski definition) is 1. The van der Waals surface area contributed by atoms with E-state index >= 15 is 0 Å². The molecule has 0 aliphatic rings. The highest BCUT2D eigenvalue weighted by Crippen LogP contribution is 2.20. The molecule has 18 heavy (non-hydrogen) atoms. The summed E-state index contributed by atoms with van der Waals surface area (Å²) in [6.45, 7) is 6.14. The Balaban J connectivity index is 0.00000324. The second-order valence-electron chi connectivity index (χ2n) is 5.02. The lowest BCUT2D eigenvalue weighted by Crippen LogP contribution is -2.39. The van der Waals surface area contributed by atoms with Gasteiger partial charge in [0, 0.05) is 7.11 Å². The van der Waals surface area contributed by atoms with Crippen LogP contribution in [0.5, 0.6) is 0 Å². The number of nitrogens with zero attached hydrogens (tertiary/aromatic N) is 1. The minimum absolute atomic E-state index is 0. The van der Waals surface area contributed by atoms with Crippen LogP contribution in [-0.4, -0.2) is 30.9 Å². The zero-order chi connectivity index (χ0) is 13.7. The summed E-state index contributed by atoms with van der Waals surface area (Å²) in [4.78, 5) is 14.3. The largest absolute Gasteiger partial charge is 0.324 e. The fraction of sp³-hybridized carbons (Fsp3) is 0.533. The van der Waals surface area contributed by atoms with E-state index in [0.29, 0.717) is 0 Å². The van der Waals surface area contributed by atoms with Gasteiger partial charge in [-0.15, -0.1) is 0 Å². The van der Waals surface area contributed by atoms with Gasteiger partial charge in [-0.3, -0.25) is 9.69 Å². The second kappa shape index (κ2) is 6.55. The first-order valence-corrected chi connectivity index (χ1v) is 6.50. The monoisotopic (exact) mass is 250 g/mol. The Morgan fingerprint density at radius 1 is 1.33 bits per heavy atom. The topological polar surface area (TPSA) is 32.3 Å². The summed E-state index contributed by atoms with van der Waals surface area (Å²) in [5, 5.41) is 3.06. The van der Waals surface area contributed by atoms with Gasteiger partial charge in [0.05, 0.1) is 6.04 Å². The van der Waals surface area contributed by atoms with E-state index in [9.17, 15) is 4.79 Å². The third-order valence-electron chi connectivity index (χ3n) is 3.22. The molecule has 3 nitrogen and oxygen atoms in total. The highest BCUT2D eigenvalue weighted by atomic mass is 16.2. The molecule has 102 valence electrons. The Labute approximate surface area is 112 Å². The van der Waals surface area contributed by atoms with Crippen molar-refractivity contribution in [3.63, 3.8) is 0 Å². The number of likely N-dealkylation sites (N-methyl/N-ethyl adjacent to an activating group) is 1. The van der Waals surface area contributed by atoms with Crippen molar-refractivity contribution in [2.45, 2.75) is 39.7 Å². The van der Waals surface area contributed by atoms with Crippen LogP contribution in [0.1, 0.15) is 32.3 Å². The fourth-order valence-corrected chi connectivity index (χ4v) is 2.12. The van der Waals surface area contributed by atoms with Crippen molar-refractivity contribution in [1.82, 2.24) is 4.90 Å². The Bertz CT molecular complexity index is 398. The summed E-state index contributed by atoms with van der Waals surface area (Å²) in [5.41, 5.74) is 3.17. The number of carbonyl (C=O) groups excluding carboxylic acids is 1. The summed E-state index contributed by atoms with van der Waals surface area (Å²) in [6.07, 6.45) is 1.88. The maximum atomic E-state index is 12.3. The molecule has 1 unspecified atom stereocenters. The van der Waals surface area contributed by atoms with Gasteiger partial charge >= 0.3 is 0 Å². The average molecular weight is 250 g/mol. The molecule has 1 atom stereocenters. The van der Waals surface area contributed by atoms with Gasteiger partial charge in [-0.1, -0.05) is 31.5 Å². The molecule has 0 aromatic heterocycles. The van der Waals surface area contributed by atoms with Crippen molar-refractivity contribution >= 4 is 11.6 Å². The number of rotatable bonds is 5. The lowest BCUT2D eigenvalue weighted by molar-refractivity contribution is -0.120. The molecule has 0 heterocycles. The van der Waals surface area contributed by atoms with Crippen LogP contribution in [-0.2, 0) is 4.79 Å². The number of hydrogen-bond acceptors (Lipinski definition) is 2. The number of amides is 1. The fourth-order valence-electron chi connectivity index (χ4n) is 2.12. The molecule has 0 spiro atoms. The SMILES string of the molecule is CCCC(C(=O)Nc1c(C)cccc1C)N(C)C.[HH]. The maximum absolute atomic E-state index is 12.3. The van der Waals surface area contributed by atoms with Crippen molar-refractivity contribution in [3.8, 4) is 0 Å². The first-order chi connectivity index (χ1) is 8.47. The third-order valence-corrected chi connectivity index (χ3v) is 3.22. The van der Waals surface area contributed by atoms with Crippen LogP contribution in [0.2, 0.25) is 0 Å². The molecule has 3 heteroatoms. The first-order valence-electron chi connectivity index (χ1n) is 6.50. The maximum Gasteiger partial charge on any atom is 0.241 e. The van der Waals surface area contributed by atoms with E-state index in [-0.39, 0.29) is 13.4 Å². The third kappa shape index (κ3) is 3.57. The lowest BCUT2D eigenvalue weighted by atomic mass is 10.1. The zero-order valence-electron chi connectivity index (χ0n) is 12.1. The summed E-state index contributed by atoms with van der Waals surface area (Å²) in [6, 6.07) is 5.99. The summed E-state index contributed by atoms with van der Waals surface area (Å²) in [7, 11) is 3.90. The quantitative estimate of drug-likeness (QED) is 0.870. The van der Waals surface area contributed by atoms with E-state index in [1.54, 1.807) is 0 Å². The van der Waals surface area contributed by atoms with E-state index in [4.69, 9.17) is 0 Å². The van der Waals surface area contributed by atoms with Gasteiger partial charge in [-0.2, -0.15) is 0 Å². The van der Waals surface area contributed by atoms with Crippen LogP contribution < -0.4 is 5.32 Å². The van der Waals surface area contributed by atoms with E-state index in [1.807, 2.05) is 51.0 Å². The summed E-state index contributed by atoms with van der Waals surface area (Å²) >= 11 is 0. The van der Waals surface area contributed by atoms with Crippen molar-refractivity contribution < 1.29 is 6.22 Å². The molecule has 1 aromatic rings. The van der Waals surface area contributed by atoms with Crippen LogP contribution in [0.15, 0.2) is 18.2 Å². The van der Waals surface area contributed by atoms with Crippen molar-refractivity contribution in [1.29, 1.82) is 0 Å². The van der Waals surface area contributed by atoms with E-state index in [0.717, 1.165) is 29.7 Å². The van der Waals surface area contributed by atoms with Crippen LogP contribution >= 0.6 is 0 Å². The Kier molecular flexibility index (Phi) is 5.35. The number of benzene rings is 1. The van der Waals surface area contributed by atoms with Crippen molar-refractivity contribution in [3.05, 3.63) is 29.3 Å². The minimum atomic E-state index is -0.0611. The average Bonchev–Trinajstić information content (AvgIpc) is 2.30. The van der Waals surface area contributed by atoms with E-state index in [2.05, 4.69) is 12.2 Å². The van der Waals surface area contributed by atoms with Gasteiger partial charge in [-0.05, 0) is 45.5 Å². The van der Waals surface area contributed by atoms with E-state index in [1.165, 1.54) is 0 Å². The summed E-state index contributed by atoms with van der Waals surface area (Å²) < 4.78 is 0. The van der Waals surface area contributed by atoms with Crippen LogP contribution in [0.4, 0.5) is 5.69 Å². The molecule has 1 N–H and O–H groups in total. The van der Waals surface area contributed by atoms with Gasteiger partial charge in [-0.25, -0.2) is 0 Å². The molecular formula is C15H26N2O. The van der Waals surface area contributed by atoms with Gasteiger partial charge < -0.3 is 5.32 Å². The molecule has 1 amide bonds. The van der Waals surface area contributed by atoms with E-state index < -0.39 is 0 Å². The normalized spacial score (nSPS) is 12.6. The Morgan fingerprint density at radius 3 is 2.33 bits per heavy atom. The second-order valence-corrected chi connectivity index (χ2v) is 5.02. The molecule has 1 aromatic carbocycles. The van der Waals surface area contributed by atoms with Crippen molar-refractivity contribution in [2.75, 3.05) is 19.4 Å². The van der Waals surface area contributed by atoms with Gasteiger partial charge in [0.2, 0.25) is 5.91 Å². The number of aryl methyl sites for hydroxylation is 2. The molecular weight excluding hydrogens is 224 g/mol. The Hall–Kier alpha value is -1.35. The predicted molar refractivity (Wildman–Crippen MR) is 79.0 cm³/mol.